The van der Waals surface area contributed by atoms with Crippen LogP contribution < -0.4 is 5.32 Å². The van der Waals surface area contributed by atoms with Crippen molar-refractivity contribution in [2.45, 2.75) is 0 Å². The van der Waals surface area contributed by atoms with Gasteiger partial charge in [0.1, 0.15) is 5.52 Å². The maximum atomic E-state index is 12.0. The second-order valence-corrected chi connectivity index (χ2v) is 5.58. The summed E-state index contributed by atoms with van der Waals surface area (Å²) in [7, 11) is 0. The van der Waals surface area contributed by atoms with Crippen LogP contribution in [0.25, 0.3) is 22.6 Å². The summed E-state index contributed by atoms with van der Waals surface area (Å²) >= 11 is 6.00. The van der Waals surface area contributed by atoms with Gasteiger partial charge in [-0.3, -0.25) is 4.79 Å². The summed E-state index contributed by atoms with van der Waals surface area (Å²) in [5.74, 6) is 0.398. The number of carbonyl (C=O) groups is 1. The lowest BCUT2D eigenvalue weighted by atomic mass is 10.2. The Bertz CT molecular complexity index is 1020. The molecule has 2 aromatic carbocycles. The van der Waals surface area contributed by atoms with Gasteiger partial charge in [0.2, 0.25) is 5.89 Å². The maximum Gasteiger partial charge on any atom is 0.291 e. The van der Waals surface area contributed by atoms with Crippen molar-refractivity contribution < 1.29 is 13.6 Å². The van der Waals surface area contributed by atoms with Crippen molar-refractivity contribution >= 4 is 34.3 Å². The van der Waals surface area contributed by atoms with Crippen molar-refractivity contribution in [3.63, 3.8) is 0 Å². The Morgan fingerprint density at radius 2 is 2.00 bits per heavy atom. The average Bonchev–Trinajstić information content (AvgIpc) is 3.24. The van der Waals surface area contributed by atoms with Gasteiger partial charge < -0.3 is 14.2 Å². The highest BCUT2D eigenvalue weighted by Crippen LogP contribution is 2.27. The molecule has 0 fully saturated rings. The summed E-state index contributed by atoms with van der Waals surface area (Å²) in [6, 6.07) is 15.8. The van der Waals surface area contributed by atoms with E-state index < -0.39 is 0 Å². The van der Waals surface area contributed by atoms with Crippen LogP contribution in [-0.4, -0.2) is 10.9 Å². The topological polar surface area (TPSA) is 68.3 Å². The number of anilines is 1. The number of aromatic nitrogens is 1. The van der Waals surface area contributed by atoms with Crippen molar-refractivity contribution in [1.29, 1.82) is 0 Å². The summed E-state index contributed by atoms with van der Waals surface area (Å²) < 4.78 is 10.8. The molecule has 0 bridgehead atoms. The minimum atomic E-state index is -0.321. The number of nitrogens with one attached hydrogen (secondary N) is 1. The van der Waals surface area contributed by atoms with Gasteiger partial charge in [0.25, 0.3) is 5.91 Å². The predicted octanol–water partition coefficient (Wildman–Crippen LogP) is 4.99. The van der Waals surface area contributed by atoms with Crippen LogP contribution >= 0.6 is 11.6 Å². The average molecular weight is 339 g/mol. The van der Waals surface area contributed by atoms with Gasteiger partial charge in [0.15, 0.2) is 11.3 Å². The fourth-order valence-corrected chi connectivity index (χ4v) is 2.54. The van der Waals surface area contributed by atoms with E-state index in [2.05, 4.69) is 10.3 Å². The number of benzene rings is 2. The van der Waals surface area contributed by atoms with E-state index in [0.717, 1.165) is 5.56 Å². The van der Waals surface area contributed by atoms with Gasteiger partial charge >= 0.3 is 0 Å². The van der Waals surface area contributed by atoms with Gasteiger partial charge in [-0.15, -0.1) is 0 Å². The van der Waals surface area contributed by atoms with Gasteiger partial charge in [0.05, 0.1) is 6.26 Å². The fourth-order valence-electron chi connectivity index (χ4n) is 2.35. The molecule has 4 aromatic rings. The molecule has 1 N–H and O–H groups in total. The van der Waals surface area contributed by atoms with Gasteiger partial charge in [-0.1, -0.05) is 17.7 Å². The monoisotopic (exact) mass is 338 g/mol. The van der Waals surface area contributed by atoms with Gasteiger partial charge in [-0.05, 0) is 48.5 Å². The quantitative estimate of drug-likeness (QED) is 0.571. The number of oxazole rings is 1. The molecule has 0 unspecified atom stereocenters. The van der Waals surface area contributed by atoms with Crippen LogP contribution in [0.3, 0.4) is 0 Å². The van der Waals surface area contributed by atoms with Gasteiger partial charge in [-0.2, -0.15) is 0 Å². The van der Waals surface area contributed by atoms with Crippen LogP contribution in [0.15, 0.2) is 69.7 Å². The van der Waals surface area contributed by atoms with E-state index >= 15 is 0 Å². The Labute approximate surface area is 141 Å². The highest BCUT2D eigenvalue weighted by Gasteiger charge is 2.12. The maximum absolute atomic E-state index is 12.0. The summed E-state index contributed by atoms with van der Waals surface area (Å²) in [6.45, 7) is 0. The number of rotatable bonds is 3. The zero-order valence-electron chi connectivity index (χ0n) is 12.3. The molecular weight excluding hydrogens is 328 g/mol. The molecule has 0 aliphatic heterocycles. The molecule has 1 amide bonds. The molecule has 0 atom stereocenters. The Morgan fingerprint density at radius 1 is 1.08 bits per heavy atom. The van der Waals surface area contributed by atoms with E-state index in [9.17, 15) is 4.79 Å². The van der Waals surface area contributed by atoms with Crippen molar-refractivity contribution in [3.8, 4) is 11.5 Å². The van der Waals surface area contributed by atoms with Gasteiger partial charge in [0, 0.05) is 16.3 Å². The van der Waals surface area contributed by atoms with Crippen LogP contribution in [0.5, 0.6) is 0 Å². The lowest BCUT2D eigenvalue weighted by Gasteiger charge is -2.01. The number of hydrogen-bond acceptors (Lipinski definition) is 4. The first-order valence-corrected chi connectivity index (χ1v) is 7.58. The number of nitrogens with zero attached hydrogens (tertiary/aromatic N) is 1. The molecule has 2 heterocycles. The number of furan rings is 1. The highest BCUT2D eigenvalue weighted by molar-refractivity contribution is 6.30. The first kappa shape index (κ1) is 14.5. The molecule has 4 rings (SSSR count). The summed E-state index contributed by atoms with van der Waals surface area (Å²) in [6.07, 6.45) is 1.45. The van der Waals surface area contributed by atoms with Crippen LogP contribution in [0, 0.1) is 0 Å². The van der Waals surface area contributed by atoms with Crippen LogP contribution in [-0.2, 0) is 0 Å². The molecule has 0 aliphatic rings. The Hall–Kier alpha value is -3.05. The fraction of sp³-hybridized carbons (Fsp3) is 0. The summed E-state index contributed by atoms with van der Waals surface area (Å²) in [5.41, 5.74) is 2.66. The second-order valence-electron chi connectivity index (χ2n) is 5.14. The largest absolute Gasteiger partial charge is 0.459 e. The number of hydrogen-bond donors (Lipinski definition) is 1. The van der Waals surface area contributed by atoms with E-state index in [1.807, 2.05) is 12.1 Å². The molecule has 0 radical (unpaired) electrons. The van der Waals surface area contributed by atoms with E-state index in [-0.39, 0.29) is 11.7 Å². The van der Waals surface area contributed by atoms with E-state index in [1.165, 1.54) is 6.26 Å². The molecule has 0 spiro atoms. The first-order chi connectivity index (χ1) is 11.7. The molecule has 2 aromatic heterocycles. The van der Waals surface area contributed by atoms with Crippen LogP contribution in [0.2, 0.25) is 5.02 Å². The zero-order valence-corrected chi connectivity index (χ0v) is 13.1. The predicted molar refractivity (Wildman–Crippen MR) is 91.1 cm³/mol. The number of carbonyl (C=O) groups excluding carboxylic acids is 1. The normalized spacial score (nSPS) is 10.9. The smallest absolute Gasteiger partial charge is 0.291 e. The molecule has 118 valence electrons. The van der Waals surface area contributed by atoms with Crippen molar-refractivity contribution in [1.82, 2.24) is 4.98 Å². The van der Waals surface area contributed by atoms with Crippen LogP contribution in [0.4, 0.5) is 5.69 Å². The first-order valence-electron chi connectivity index (χ1n) is 7.20. The van der Waals surface area contributed by atoms with Crippen LogP contribution in [0.1, 0.15) is 10.6 Å². The molecule has 0 aliphatic carbocycles. The third-order valence-electron chi connectivity index (χ3n) is 3.46. The van der Waals surface area contributed by atoms with E-state index in [1.54, 1.807) is 42.5 Å². The third kappa shape index (κ3) is 2.77. The highest BCUT2D eigenvalue weighted by atomic mass is 35.5. The Morgan fingerprint density at radius 3 is 2.79 bits per heavy atom. The number of fused-ring (bicyclic) bond motifs is 1. The SMILES string of the molecule is O=C(Nc1ccc2oc(-c3cccc(Cl)c3)nc2c1)c1ccco1. The number of halogens is 1. The molecular formula is C18H11ClN2O3. The minimum absolute atomic E-state index is 0.245. The second kappa shape index (κ2) is 5.86. The molecule has 24 heavy (non-hydrogen) atoms. The van der Waals surface area contributed by atoms with Crippen molar-refractivity contribution in [2.24, 2.45) is 0 Å². The van der Waals surface area contributed by atoms with Crippen molar-refractivity contribution in [3.05, 3.63) is 71.6 Å². The standard InChI is InChI=1S/C18H11ClN2O3/c19-12-4-1-3-11(9-12)18-21-14-10-13(6-7-15(14)24-18)20-17(22)16-5-2-8-23-16/h1-10H,(H,20,22). The molecule has 0 saturated heterocycles. The molecule has 6 heteroatoms. The van der Waals surface area contributed by atoms with Gasteiger partial charge in [-0.25, -0.2) is 4.98 Å². The zero-order chi connectivity index (χ0) is 16.5. The third-order valence-corrected chi connectivity index (χ3v) is 3.70. The number of amides is 1. The van der Waals surface area contributed by atoms with E-state index in [0.29, 0.717) is 27.7 Å². The summed E-state index contributed by atoms with van der Waals surface area (Å²) in [4.78, 5) is 16.5. The van der Waals surface area contributed by atoms with E-state index in [4.69, 9.17) is 20.4 Å². The lowest BCUT2D eigenvalue weighted by molar-refractivity contribution is 0.0996. The Balaban J connectivity index is 1.65. The molecule has 5 nitrogen and oxygen atoms in total. The van der Waals surface area contributed by atoms with Crippen molar-refractivity contribution in [2.75, 3.05) is 5.32 Å². The minimum Gasteiger partial charge on any atom is -0.459 e. The molecule has 0 saturated carbocycles. The lowest BCUT2D eigenvalue weighted by Crippen LogP contribution is -2.10. The Kier molecular flexibility index (Phi) is 3.55. The summed E-state index contributed by atoms with van der Waals surface area (Å²) in [5, 5.41) is 3.37.